The molecule has 0 unspecified atom stereocenters. The van der Waals surface area contributed by atoms with Crippen molar-refractivity contribution in [3.63, 3.8) is 0 Å². The van der Waals surface area contributed by atoms with E-state index in [0.29, 0.717) is 24.3 Å². The number of nitrogens with zero attached hydrogens (tertiary/aromatic N) is 2. The van der Waals surface area contributed by atoms with Crippen molar-refractivity contribution in [2.24, 2.45) is 0 Å². The molecule has 2 aromatic carbocycles. The van der Waals surface area contributed by atoms with Crippen molar-refractivity contribution in [1.29, 1.82) is 0 Å². The fourth-order valence-electron chi connectivity index (χ4n) is 3.90. The minimum absolute atomic E-state index is 0.0313. The topological polar surface area (TPSA) is 69.7 Å². The van der Waals surface area contributed by atoms with Gasteiger partial charge in [-0.2, -0.15) is 4.31 Å². The van der Waals surface area contributed by atoms with Gasteiger partial charge in [-0.1, -0.05) is 38.1 Å². The molecule has 1 amide bonds. The summed E-state index contributed by atoms with van der Waals surface area (Å²) in [7, 11) is -3.56. The van der Waals surface area contributed by atoms with Crippen LogP contribution in [0.1, 0.15) is 31.9 Å². The van der Waals surface area contributed by atoms with Gasteiger partial charge in [0.2, 0.25) is 15.9 Å². The predicted octanol–water partition coefficient (Wildman–Crippen LogP) is 3.42. The lowest BCUT2D eigenvalue weighted by molar-refractivity contribution is -0.117. The summed E-state index contributed by atoms with van der Waals surface area (Å²) in [5.41, 5.74) is 3.45. The van der Waals surface area contributed by atoms with Crippen molar-refractivity contribution >= 4 is 27.3 Å². The van der Waals surface area contributed by atoms with E-state index in [0.717, 1.165) is 12.1 Å². The number of carbonyl (C=O) groups is 1. The molecule has 6 nitrogen and oxygen atoms in total. The van der Waals surface area contributed by atoms with Gasteiger partial charge in [0.15, 0.2) is 0 Å². The first-order valence-electron chi connectivity index (χ1n) is 10.0. The first-order chi connectivity index (χ1) is 13.8. The highest BCUT2D eigenvalue weighted by Gasteiger charge is 2.30. The Kier molecular flexibility index (Phi) is 6.29. The Bertz CT molecular complexity index is 1000. The van der Waals surface area contributed by atoms with Crippen LogP contribution in [-0.4, -0.2) is 44.3 Å². The van der Waals surface area contributed by atoms with E-state index in [9.17, 15) is 13.2 Å². The number of benzene rings is 2. The minimum atomic E-state index is -3.56. The maximum atomic E-state index is 12.9. The van der Waals surface area contributed by atoms with Gasteiger partial charge >= 0.3 is 0 Å². The highest BCUT2D eigenvalue weighted by Crippen LogP contribution is 2.32. The number of carbonyl (C=O) groups excluding carboxylic acids is 1. The van der Waals surface area contributed by atoms with E-state index in [4.69, 9.17) is 0 Å². The summed E-state index contributed by atoms with van der Waals surface area (Å²) in [6.07, 6.45) is 0.846. The number of rotatable bonds is 7. The Balaban J connectivity index is 1.78. The van der Waals surface area contributed by atoms with E-state index >= 15 is 0 Å². The standard InChI is InChI=1S/C22H29N3O3S/c1-5-24(6-2)29(27,28)21-14-19(12-11-16(21)3)23-15-22(26)25-17(4)13-18-9-7-8-10-20(18)25/h7-12,14,17,23H,5-6,13,15H2,1-4H3/t17-/m1/s1. The Hall–Kier alpha value is -2.38. The number of amides is 1. The molecule has 2 aromatic rings. The van der Waals surface area contributed by atoms with Crippen LogP contribution in [0.4, 0.5) is 11.4 Å². The summed E-state index contributed by atoms with van der Waals surface area (Å²) in [6, 6.07) is 13.3. The van der Waals surface area contributed by atoms with Gasteiger partial charge in [-0.25, -0.2) is 8.42 Å². The zero-order valence-corrected chi connectivity index (χ0v) is 18.3. The van der Waals surface area contributed by atoms with Crippen molar-refractivity contribution in [3.05, 3.63) is 53.6 Å². The van der Waals surface area contributed by atoms with E-state index < -0.39 is 10.0 Å². The average molecular weight is 416 g/mol. The molecule has 1 N–H and O–H groups in total. The molecule has 29 heavy (non-hydrogen) atoms. The molecule has 1 aliphatic rings. The largest absolute Gasteiger partial charge is 0.376 e. The molecular weight excluding hydrogens is 386 g/mol. The lowest BCUT2D eigenvalue weighted by Gasteiger charge is -2.23. The molecule has 7 heteroatoms. The first kappa shape index (κ1) is 21.3. The van der Waals surface area contributed by atoms with Crippen molar-refractivity contribution in [2.45, 2.75) is 45.1 Å². The molecule has 156 valence electrons. The molecule has 1 atom stereocenters. The van der Waals surface area contributed by atoms with Crippen molar-refractivity contribution in [3.8, 4) is 0 Å². The number of nitrogens with one attached hydrogen (secondary N) is 1. The van der Waals surface area contributed by atoms with E-state index in [1.807, 2.05) is 49.9 Å². The Morgan fingerprint density at radius 1 is 1.17 bits per heavy atom. The van der Waals surface area contributed by atoms with E-state index in [1.54, 1.807) is 19.1 Å². The van der Waals surface area contributed by atoms with E-state index in [1.165, 1.54) is 9.87 Å². The molecule has 1 aliphatic heterocycles. The number of hydrogen-bond acceptors (Lipinski definition) is 4. The van der Waals surface area contributed by atoms with Crippen LogP contribution in [0.25, 0.3) is 0 Å². The molecule has 0 spiro atoms. The van der Waals surface area contributed by atoms with Crippen molar-refractivity contribution in [1.82, 2.24) is 4.31 Å². The second-order valence-electron chi connectivity index (χ2n) is 7.37. The van der Waals surface area contributed by atoms with Crippen molar-refractivity contribution in [2.75, 3.05) is 29.9 Å². The maximum absolute atomic E-state index is 12.9. The Labute approximate surface area is 173 Å². The molecule has 0 aliphatic carbocycles. The third kappa shape index (κ3) is 4.16. The summed E-state index contributed by atoms with van der Waals surface area (Å²) in [5.74, 6) is -0.0313. The predicted molar refractivity (Wildman–Crippen MR) is 117 cm³/mol. The highest BCUT2D eigenvalue weighted by atomic mass is 32.2. The Morgan fingerprint density at radius 2 is 1.86 bits per heavy atom. The summed E-state index contributed by atoms with van der Waals surface area (Å²) in [5, 5.41) is 3.11. The number of hydrogen-bond donors (Lipinski definition) is 1. The van der Waals surface area contributed by atoms with Crippen LogP contribution >= 0.6 is 0 Å². The fourth-order valence-corrected chi connectivity index (χ4v) is 5.61. The van der Waals surface area contributed by atoms with Gasteiger partial charge in [0.05, 0.1) is 11.4 Å². The second kappa shape index (κ2) is 8.55. The molecule has 0 radical (unpaired) electrons. The summed E-state index contributed by atoms with van der Waals surface area (Å²) < 4.78 is 27.3. The van der Waals surface area contributed by atoms with Crippen LogP contribution < -0.4 is 10.2 Å². The minimum Gasteiger partial charge on any atom is -0.376 e. The fraction of sp³-hybridized carbons (Fsp3) is 0.409. The zero-order valence-electron chi connectivity index (χ0n) is 17.5. The number of anilines is 2. The molecular formula is C22H29N3O3S. The van der Waals surface area contributed by atoms with E-state index in [-0.39, 0.29) is 23.4 Å². The van der Waals surface area contributed by atoms with Gasteiger partial charge in [0.25, 0.3) is 0 Å². The lowest BCUT2D eigenvalue weighted by atomic mass is 10.1. The average Bonchev–Trinajstić information content (AvgIpc) is 3.03. The van der Waals surface area contributed by atoms with E-state index in [2.05, 4.69) is 11.4 Å². The van der Waals surface area contributed by atoms with Crippen LogP contribution in [0, 0.1) is 6.92 Å². The monoisotopic (exact) mass is 415 g/mol. The molecule has 0 saturated carbocycles. The van der Waals surface area contributed by atoms with Gasteiger partial charge in [0.1, 0.15) is 0 Å². The smallest absolute Gasteiger partial charge is 0.246 e. The third-order valence-electron chi connectivity index (χ3n) is 5.43. The SMILES string of the molecule is CCN(CC)S(=O)(=O)c1cc(NCC(=O)N2c3ccccc3C[C@H]2C)ccc1C. The van der Waals surface area contributed by atoms with Crippen LogP contribution in [-0.2, 0) is 21.2 Å². The van der Waals surface area contributed by atoms with Crippen LogP contribution in [0.3, 0.4) is 0 Å². The van der Waals surface area contributed by atoms with Gasteiger partial charge in [-0.05, 0) is 49.6 Å². The number of para-hydroxylation sites is 1. The summed E-state index contributed by atoms with van der Waals surface area (Å²) in [6.45, 7) is 8.42. The van der Waals surface area contributed by atoms with Gasteiger partial charge < -0.3 is 10.2 Å². The third-order valence-corrected chi connectivity index (χ3v) is 7.62. The van der Waals surface area contributed by atoms with Gasteiger partial charge in [0, 0.05) is 30.5 Å². The number of aryl methyl sites for hydroxylation is 1. The first-order valence-corrected chi connectivity index (χ1v) is 11.5. The quantitative estimate of drug-likeness (QED) is 0.752. The number of sulfonamides is 1. The molecule has 0 saturated heterocycles. The summed E-state index contributed by atoms with van der Waals surface area (Å²) >= 11 is 0. The maximum Gasteiger partial charge on any atom is 0.246 e. The number of fused-ring (bicyclic) bond motifs is 1. The lowest BCUT2D eigenvalue weighted by Crippen LogP contribution is -2.39. The van der Waals surface area contributed by atoms with Crippen LogP contribution in [0.2, 0.25) is 0 Å². The van der Waals surface area contributed by atoms with Gasteiger partial charge in [-0.3, -0.25) is 4.79 Å². The highest BCUT2D eigenvalue weighted by molar-refractivity contribution is 7.89. The molecule has 0 aromatic heterocycles. The molecule has 0 fully saturated rings. The second-order valence-corrected chi connectivity index (χ2v) is 9.28. The van der Waals surface area contributed by atoms with Gasteiger partial charge in [-0.15, -0.1) is 0 Å². The van der Waals surface area contributed by atoms with Crippen LogP contribution in [0.15, 0.2) is 47.4 Å². The van der Waals surface area contributed by atoms with Crippen LogP contribution in [0.5, 0.6) is 0 Å². The summed E-state index contributed by atoms with van der Waals surface area (Å²) in [4.78, 5) is 15.0. The molecule has 1 heterocycles. The normalized spacial score (nSPS) is 16.2. The molecule has 0 bridgehead atoms. The Morgan fingerprint density at radius 3 is 2.55 bits per heavy atom. The molecule has 3 rings (SSSR count). The van der Waals surface area contributed by atoms with Crippen molar-refractivity contribution < 1.29 is 13.2 Å². The zero-order chi connectivity index (χ0) is 21.2.